The molecule has 0 saturated carbocycles. The summed E-state index contributed by atoms with van der Waals surface area (Å²) >= 11 is 5.87. The molecule has 4 heteroatoms. The van der Waals surface area contributed by atoms with Crippen LogP contribution in [-0.2, 0) is 6.54 Å². The van der Waals surface area contributed by atoms with E-state index in [1.165, 1.54) is 12.1 Å². The Kier molecular flexibility index (Phi) is 3.95. The van der Waals surface area contributed by atoms with E-state index < -0.39 is 5.82 Å². The molecule has 1 amide bonds. The number of benzene rings is 2. The van der Waals surface area contributed by atoms with Crippen molar-refractivity contribution in [1.29, 1.82) is 0 Å². The minimum atomic E-state index is -0.420. The molecule has 92 valence electrons. The number of halogens is 2. The summed E-state index contributed by atoms with van der Waals surface area (Å²) in [7, 11) is 0. The van der Waals surface area contributed by atoms with Gasteiger partial charge in [-0.15, -0.1) is 0 Å². The molecule has 0 heterocycles. The Hall–Kier alpha value is -1.87. The topological polar surface area (TPSA) is 29.1 Å². The third-order valence-corrected chi connectivity index (χ3v) is 2.88. The third-order valence-electron chi connectivity index (χ3n) is 2.52. The molecule has 0 aromatic heterocycles. The summed E-state index contributed by atoms with van der Waals surface area (Å²) < 4.78 is 13.5. The first kappa shape index (κ1) is 12.6. The fourth-order valence-corrected chi connectivity index (χ4v) is 1.79. The van der Waals surface area contributed by atoms with E-state index in [-0.39, 0.29) is 12.5 Å². The number of amides is 1. The van der Waals surface area contributed by atoms with Gasteiger partial charge in [-0.2, -0.15) is 0 Å². The Morgan fingerprint density at radius 2 is 1.83 bits per heavy atom. The Morgan fingerprint density at radius 3 is 2.50 bits per heavy atom. The lowest BCUT2D eigenvalue weighted by Crippen LogP contribution is -2.23. The first-order chi connectivity index (χ1) is 8.68. The maximum absolute atomic E-state index is 13.5. The average molecular weight is 264 g/mol. The van der Waals surface area contributed by atoms with Gasteiger partial charge in [0, 0.05) is 22.7 Å². The van der Waals surface area contributed by atoms with Crippen LogP contribution in [0.1, 0.15) is 15.9 Å². The first-order valence-electron chi connectivity index (χ1n) is 5.44. The van der Waals surface area contributed by atoms with Crippen molar-refractivity contribution in [2.75, 3.05) is 0 Å². The summed E-state index contributed by atoms with van der Waals surface area (Å²) in [6.07, 6.45) is 0. The molecular formula is C14H11ClFNO. The standard InChI is InChI=1S/C14H11ClFNO/c15-12-7-4-8-13(16)11(12)9-17-14(18)10-5-2-1-3-6-10/h1-8H,9H2,(H,17,18). The number of carbonyl (C=O) groups excluding carboxylic acids is 1. The fraction of sp³-hybridized carbons (Fsp3) is 0.0714. The zero-order valence-electron chi connectivity index (χ0n) is 9.49. The van der Waals surface area contributed by atoms with Gasteiger partial charge in [0.25, 0.3) is 5.91 Å². The van der Waals surface area contributed by atoms with E-state index >= 15 is 0 Å². The third kappa shape index (κ3) is 2.87. The fourth-order valence-electron chi connectivity index (χ4n) is 1.56. The van der Waals surface area contributed by atoms with Crippen LogP contribution in [0.5, 0.6) is 0 Å². The van der Waals surface area contributed by atoms with Gasteiger partial charge in [0.05, 0.1) is 0 Å². The molecule has 2 aromatic rings. The molecule has 0 fully saturated rings. The molecule has 0 unspecified atom stereocenters. The molecule has 0 aliphatic carbocycles. The summed E-state index contributed by atoms with van der Waals surface area (Å²) in [6.45, 7) is 0.0687. The van der Waals surface area contributed by atoms with Gasteiger partial charge in [-0.25, -0.2) is 4.39 Å². The van der Waals surface area contributed by atoms with Crippen molar-refractivity contribution in [2.24, 2.45) is 0 Å². The van der Waals surface area contributed by atoms with Crippen molar-refractivity contribution in [2.45, 2.75) is 6.54 Å². The maximum Gasteiger partial charge on any atom is 0.251 e. The van der Waals surface area contributed by atoms with Gasteiger partial charge in [0.2, 0.25) is 0 Å². The maximum atomic E-state index is 13.5. The predicted molar refractivity (Wildman–Crippen MR) is 69.0 cm³/mol. The van der Waals surface area contributed by atoms with Crippen molar-refractivity contribution >= 4 is 17.5 Å². The Bertz CT molecular complexity index is 537. The second-order valence-electron chi connectivity index (χ2n) is 3.75. The zero-order chi connectivity index (χ0) is 13.0. The van der Waals surface area contributed by atoms with Gasteiger partial charge in [-0.1, -0.05) is 35.9 Å². The van der Waals surface area contributed by atoms with Gasteiger partial charge in [0.15, 0.2) is 0 Å². The molecule has 0 spiro atoms. The van der Waals surface area contributed by atoms with Crippen LogP contribution in [0.3, 0.4) is 0 Å². The molecule has 18 heavy (non-hydrogen) atoms. The molecule has 2 nitrogen and oxygen atoms in total. The largest absolute Gasteiger partial charge is 0.348 e. The van der Waals surface area contributed by atoms with Crippen LogP contribution in [0.15, 0.2) is 48.5 Å². The van der Waals surface area contributed by atoms with Crippen LogP contribution < -0.4 is 5.32 Å². The highest BCUT2D eigenvalue weighted by Gasteiger charge is 2.09. The molecular weight excluding hydrogens is 253 g/mol. The Balaban J connectivity index is 2.07. The average Bonchev–Trinajstić information content (AvgIpc) is 2.39. The summed E-state index contributed by atoms with van der Waals surface area (Å²) in [5.74, 6) is -0.675. The molecule has 0 radical (unpaired) electrons. The zero-order valence-corrected chi connectivity index (χ0v) is 10.2. The Labute approximate surface area is 109 Å². The SMILES string of the molecule is O=C(NCc1c(F)cccc1Cl)c1ccccc1. The van der Waals surface area contributed by atoms with Crippen LogP contribution in [0.25, 0.3) is 0 Å². The highest BCUT2D eigenvalue weighted by molar-refractivity contribution is 6.31. The monoisotopic (exact) mass is 263 g/mol. The highest BCUT2D eigenvalue weighted by atomic mass is 35.5. The number of carbonyl (C=O) groups is 1. The lowest BCUT2D eigenvalue weighted by atomic mass is 10.2. The Morgan fingerprint density at radius 1 is 1.11 bits per heavy atom. The van der Waals surface area contributed by atoms with Gasteiger partial charge in [-0.3, -0.25) is 4.79 Å². The quantitative estimate of drug-likeness (QED) is 0.903. The second-order valence-corrected chi connectivity index (χ2v) is 4.16. The highest BCUT2D eigenvalue weighted by Crippen LogP contribution is 2.18. The van der Waals surface area contributed by atoms with E-state index in [1.54, 1.807) is 30.3 Å². The van der Waals surface area contributed by atoms with Crippen LogP contribution in [0, 0.1) is 5.82 Å². The first-order valence-corrected chi connectivity index (χ1v) is 5.82. The minimum absolute atomic E-state index is 0.0687. The van der Waals surface area contributed by atoms with E-state index in [1.807, 2.05) is 6.07 Å². The second kappa shape index (κ2) is 5.65. The lowest BCUT2D eigenvalue weighted by molar-refractivity contribution is 0.0950. The van der Waals surface area contributed by atoms with Gasteiger partial charge >= 0.3 is 0 Å². The van der Waals surface area contributed by atoms with Crippen LogP contribution in [0.4, 0.5) is 4.39 Å². The van der Waals surface area contributed by atoms with Crippen molar-refractivity contribution in [1.82, 2.24) is 5.32 Å². The van der Waals surface area contributed by atoms with Crippen molar-refractivity contribution in [3.8, 4) is 0 Å². The molecule has 0 bridgehead atoms. The number of nitrogens with one attached hydrogen (secondary N) is 1. The van der Waals surface area contributed by atoms with Gasteiger partial charge in [0.1, 0.15) is 5.82 Å². The molecule has 0 atom stereocenters. The molecule has 1 N–H and O–H groups in total. The molecule has 2 rings (SSSR count). The van der Waals surface area contributed by atoms with Crippen molar-refractivity contribution in [3.63, 3.8) is 0 Å². The van der Waals surface area contributed by atoms with Crippen LogP contribution >= 0.6 is 11.6 Å². The summed E-state index contributed by atoms with van der Waals surface area (Å²) in [5, 5.41) is 2.94. The molecule has 0 aliphatic heterocycles. The number of rotatable bonds is 3. The molecule has 0 saturated heterocycles. The van der Waals surface area contributed by atoms with E-state index in [2.05, 4.69) is 5.32 Å². The van der Waals surface area contributed by atoms with E-state index in [4.69, 9.17) is 11.6 Å². The number of hydrogen-bond donors (Lipinski definition) is 1. The minimum Gasteiger partial charge on any atom is -0.348 e. The van der Waals surface area contributed by atoms with Crippen LogP contribution in [0.2, 0.25) is 5.02 Å². The summed E-state index contributed by atoms with van der Waals surface area (Å²) in [6, 6.07) is 13.2. The predicted octanol–water partition coefficient (Wildman–Crippen LogP) is 3.41. The number of hydrogen-bond acceptors (Lipinski definition) is 1. The molecule has 2 aromatic carbocycles. The van der Waals surface area contributed by atoms with Crippen molar-refractivity contribution < 1.29 is 9.18 Å². The lowest BCUT2D eigenvalue weighted by Gasteiger charge is -2.08. The van der Waals surface area contributed by atoms with E-state index in [0.29, 0.717) is 16.1 Å². The smallest absolute Gasteiger partial charge is 0.251 e. The summed E-state index contributed by atoms with van der Waals surface area (Å²) in [5.41, 5.74) is 0.827. The molecule has 0 aliphatic rings. The van der Waals surface area contributed by atoms with E-state index in [9.17, 15) is 9.18 Å². The van der Waals surface area contributed by atoms with Crippen molar-refractivity contribution in [3.05, 3.63) is 70.5 Å². The normalized spacial score (nSPS) is 10.1. The van der Waals surface area contributed by atoms with E-state index in [0.717, 1.165) is 0 Å². The van der Waals surface area contributed by atoms with Gasteiger partial charge < -0.3 is 5.32 Å². The van der Waals surface area contributed by atoms with Crippen LogP contribution in [-0.4, -0.2) is 5.91 Å². The summed E-state index contributed by atoms with van der Waals surface area (Å²) in [4.78, 5) is 11.8. The van der Waals surface area contributed by atoms with Gasteiger partial charge in [-0.05, 0) is 24.3 Å².